The summed E-state index contributed by atoms with van der Waals surface area (Å²) in [5, 5.41) is 18.6. The van der Waals surface area contributed by atoms with Crippen LogP contribution in [0.4, 0.5) is 11.5 Å². The van der Waals surface area contributed by atoms with Crippen LogP contribution < -0.4 is 5.32 Å². The molecule has 3 rings (SSSR count). The van der Waals surface area contributed by atoms with Gasteiger partial charge in [-0.2, -0.15) is 5.10 Å². The van der Waals surface area contributed by atoms with Crippen LogP contribution in [0.1, 0.15) is 35.3 Å². The first-order valence-electron chi connectivity index (χ1n) is 8.05. The zero-order valence-corrected chi connectivity index (χ0v) is 14.0. The Labute approximate surface area is 144 Å². The fraction of sp³-hybridized carbons (Fsp3) is 0.438. The number of pyridine rings is 1. The number of nitro groups is 1. The summed E-state index contributed by atoms with van der Waals surface area (Å²) in [7, 11) is 1.90. The van der Waals surface area contributed by atoms with Crippen molar-refractivity contribution < 1.29 is 14.5 Å². The Bertz CT molecular complexity index is 804. The molecule has 0 radical (unpaired) electrons. The van der Waals surface area contributed by atoms with E-state index in [2.05, 4.69) is 15.4 Å². The average Bonchev–Trinajstić information content (AvgIpc) is 3.23. The molecule has 132 valence electrons. The van der Waals surface area contributed by atoms with Crippen molar-refractivity contribution in [1.82, 2.24) is 14.8 Å². The molecule has 2 aromatic rings. The lowest BCUT2D eigenvalue weighted by molar-refractivity contribution is -0.384. The molecule has 9 nitrogen and oxygen atoms in total. The number of nitrogens with one attached hydrogen (secondary N) is 1. The van der Waals surface area contributed by atoms with Gasteiger partial charge in [0.1, 0.15) is 5.56 Å². The Morgan fingerprint density at radius 3 is 2.92 bits per heavy atom. The van der Waals surface area contributed by atoms with Gasteiger partial charge in [0.05, 0.1) is 11.5 Å². The van der Waals surface area contributed by atoms with Crippen molar-refractivity contribution in [1.29, 1.82) is 0 Å². The van der Waals surface area contributed by atoms with E-state index in [-0.39, 0.29) is 23.7 Å². The zero-order valence-electron chi connectivity index (χ0n) is 14.0. The minimum absolute atomic E-state index is 0.0891. The standard InChI is InChI=1S/C16H19N5O4/c1-3-25-16(22)11-4-6-17-15(14(11)21(23)24)18-9-10-8-12(10)13-5-7-19-20(13)2/h4-7,10,12H,3,8-9H2,1-2H3,(H,17,18)/t10-,12+/m0/s1. The molecule has 0 aromatic carbocycles. The summed E-state index contributed by atoms with van der Waals surface area (Å²) in [6.45, 7) is 2.33. The van der Waals surface area contributed by atoms with Gasteiger partial charge in [-0.25, -0.2) is 9.78 Å². The van der Waals surface area contributed by atoms with Gasteiger partial charge in [0.2, 0.25) is 5.82 Å². The predicted molar refractivity (Wildman–Crippen MR) is 89.4 cm³/mol. The molecule has 0 aliphatic heterocycles. The number of anilines is 1. The SMILES string of the molecule is CCOC(=O)c1ccnc(NC[C@@H]2C[C@H]2c2ccnn2C)c1[N+](=O)[O-]. The van der Waals surface area contributed by atoms with E-state index < -0.39 is 10.9 Å². The van der Waals surface area contributed by atoms with Gasteiger partial charge in [-0.3, -0.25) is 14.8 Å². The van der Waals surface area contributed by atoms with Crippen LogP contribution in [0.5, 0.6) is 0 Å². The lowest BCUT2D eigenvalue weighted by atomic mass is 10.2. The number of carbonyl (C=O) groups excluding carboxylic acids is 1. The van der Waals surface area contributed by atoms with Gasteiger partial charge < -0.3 is 10.1 Å². The monoisotopic (exact) mass is 345 g/mol. The lowest BCUT2D eigenvalue weighted by Crippen LogP contribution is -2.13. The Balaban J connectivity index is 1.73. The zero-order chi connectivity index (χ0) is 18.0. The number of esters is 1. The fourth-order valence-corrected chi connectivity index (χ4v) is 2.95. The number of aromatic nitrogens is 3. The van der Waals surface area contributed by atoms with E-state index in [1.807, 2.05) is 17.8 Å². The topological polar surface area (TPSA) is 112 Å². The minimum Gasteiger partial charge on any atom is -0.462 e. The highest BCUT2D eigenvalue weighted by Gasteiger charge is 2.40. The highest BCUT2D eigenvalue weighted by atomic mass is 16.6. The van der Waals surface area contributed by atoms with Crippen LogP contribution in [-0.4, -0.2) is 38.8 Å². The second kappa shape index (κ2) is 6.88. The fourth-order valence-electron chi connectivity index (χ4n) is 2.95. The molecule has 1 aliphatic carbocycles. The third kappa shape index (κ3) is 3.44. The normalized spacial score (nSPS) is 18.6. The van der Waals surface area contributed by atoms with E-state index >= 15 is 0 Å². The molecule has 2 heterocycles. The van der Waals surface area contributed by atoms with Crippen LogP contribution in [-0.2, 0) is 11.8 Å². The first kappa shape index (κ1) is 16.9. The first-order chi connectivity index (χ1) is 12.0. The maximum absolute atomic E-state index is 11.9. The number of nitrogens with zero attached hydrogens (tertiary/aromatic N) is 4. The van der Waals surface area contributed by atoms with E-state index in [1.54, 1.807) is 13.1 Å². The van der Waals surface area contributed by atoms with Gasteiger partial charge in [-0.05, 0) is 31.4 Å². The number of hydrogen-bond acceptors (Lipinski definition) is 7. The van der Waals surface area contributed by atoms with Gasteiger partial charge in [0, 0.05) is 37.6 Å². The van der Waals surface area contributed by atoms with Crippen LogP contribution in [0.2, 0.25) is 0 Å². The average molecular weight is 345 g/mol. The van der Waals surface area contributed by atoms with Crippen LogP contribution in [0.25, 0.3) is 0 Å². The quantitative estimate of drug-likeness (QED) is 0.464. The highest BCUT2D eigenvalue weighted by Crippen LogP contribution is 2.47. The third-order valence-corrected chi connectivity index (χ3v) is 4.30. The molecule has 1 aliphatic rings. The number of hydrogen-bond donors (Lipinski definition) is 1. The van der Waals surface area contributed by atoms with E-state index in [4.69, 9.17) is 4.74 Å². The summed E-state index contributed by atoms with van der Waals surface area (Å²) in [5.74, 6) is 0.0976. The second-order valence-corrected chi connectivity index (χ2v) is 5.90. The molecular weight excluding hydrogens is 326 g/mol. The smallest absolute Gasteiger partial charge is 0.345 e. The largest absolute Gasteiger partial charge is 0.462 e. The van der Waals surface area contributed by atoms with Crippen molar-refractivity contribution in [3.8, 4) is 0 Å². The number of aryl methyl sites for hydroxylation is 1. The molecule has 1 N–H and O–H groups in total. The van der Waals surface area contributed by atoms with Crippen LogP contribution >= 0.6 is 0 Å². The van der Waals surface area contributed by atoms with E-state index in [1.165, 1.54) is 12.3 Å². The molecular formula is C16H19N5O4. The van der Waals surface area contributed by atoms with Crippen molar-refractivity contribution in [2.75, 3.05) is 18.5 Å². The maximum atomic E-state index is 11.9. The molecule has 0 spiro atoms. The summed E-state index contributed by atoms with van der Waals surface area (Å²) in [6.07, 6.45) is 4.11. The summed E-state index contributed by atoms with van der Waals surface area (Å²) >= 11 is 0. The molecule has 1 saturated carbocycles. The van der Waals surface area contributed by atoms with Crippen molar-refractivity contribution in [2.24, 2.45) is 13.0 Å². The van der Waals surface area contributed by atoms with Crippen molar-refractivity contribution in [2.45, 2.75) is 19.3 Å². The van der Waals surface area contributed by atoms with Gasteiger partial charge >= 0.3 is 11.7 Å². The van der Waals surface area contributed by atoms with E-state index in [0.717, 1.165) is 12.1 Å². The van der Waals surface area contributed by atoms with E-state index in [9.17, 15) is 14.9 Å². The van der Waals surface area contributed by atoms with E-state index in [0.29, 0.717) is 18.4 Å². The van der Waals surface area contributed by atoms with Crippen LogP contribution in [0.15, 0.2) is 24.5 Å². The molecule has 2 aromatic heterocycles. The summed E-state index contributed by atoms with van der Waals surface area (Å²) in [5.41, 5.74) is 0.705. The molecule has 0 amide bonds. The Morgan fingerprint density at radius 2 is 2.28 bits per heavy atom. The van der Waals surface area contributed by atoms with Crippen molar-refractivity contribution >= 4 is 17.5 Å². The first-order valence-corrected chi connectivity index (χ1v) is 8.05. The van der Waals surface area contributed by atoms with Crippen LogP contribution in [0.3, 0.4) is 0 Å². The number of ether oxygens (including phenoxy) is 1. The summed E-state index contributed by atoms with van der Waals surface area (Å²) in [6, 6.07) is 3.28. The number of rotatable bonds is 7. The Morgan fingerprint density at radius 1 is 1.48 bits per heavy atom. The molecule has 25 heavy (non-hydrogen) atoms. The molecule has 2 atom stereocenters. The molecule has 1 fully saturated rings. The molecule has 0 bridgehead atoms. The maximum Gasteiger partial charge on any atom is 0.345 e. The summed E-state index contributed by atoms with van der Waals surface area (Å²) in [4.78, 5) is 26.8. The lowest BCUT2D eigenvalue weighted by Gasteiger charge is -2.09. The third-order valence-electron chi connectivity index (χ3n) is 4.30. The predicted octanol–water partition coefficient (Wildman–Crippen LogP) is 2.12. The highest BCUT2D eigenvalue weighted by molar-refractivity contribution is 5.96. The minimum atomic E-state index is -0.723. The Hall–Kier alpha value is -2.97. The number of carbonyl (C=O) groups is 1. The van der Waals surface area contributed by atoms with Gasteiger partial charge in [-0.15, -0.1) is 0 Å². The molecule has 9 heteroatoms. The molecule has 0 saturated heterocycles. The van der Waals surface area contributed by atoms with Crippen molar-refractivity contribution in [3.63, 3.8) is 0 Å². The van der Waals surface area contributed by atoms with Crippen molar-refractivity contribution in [3.05, 3.63) is 45.9 Å². The van der Waals surface area contributed by atoms with Gasteiger partial charge in [0.25, 0.3) is 0 Å². The van der Waals surface area contributed by atoms with Gasteiger partial charge in [-0.1, -0.05) is 0 Å². The molecule has 0 unspecified atom stereocenters. The summed E-state index contributed by atoms with van der Waals surface area (Å²) < 4.78 is 6.72. The second-order valence-electron chi connectivity index (χ2n) is 5.90. The van der Waals surface area contributed by atoms with Crippen LogP contribution in [0, 0.1) is 16.0 Å². The Kier molecular flexibility index (Phi) is 4.64. The van der Waals surface area contributed by atoms with Gasteiger partial charge in [0.15, 0.2) is 0 Å².